The predicted molar refractivity (Wildman–Crippen MR) is 87.6 cm³/mol. The molecule has 0 bridgehead atoms. The summed E-state index contributed by atoms with van der Waals surface area (Å²) in [7, 11) is 1.45. The number of ether oxygens (including phenoxy) is 2. The number of nitriles is 1. The van der Waals surface area contributed by atoms with Crippen molar-refractivity contribution in [1.82, 2.24) is 0 Å². The molecule has 0 saturated heterocycles. The SMILES string of the molecule is COc1cc(C#N)ccc1OC(C)C(=O)Nc1ccc(C)c(F)c1. The van der Waals surface area contributed by atoms with Crippen LogP contribution in [0, 0.1) is 24.1 Å². The summed E-state index contributed by atoms with van der Waals surface area (Å²) in [5, 5.41) is 11.5. The Kier molecular flexibility index (Phi) is 5.38. The first-order valence-corrected chi connectivity index (χ1v) is 7.26. The van der Waals surface area contributed by atoms with Crippen molar-refractivity contribution in [3.05, 3.63) is 53.3 Å². The molecule has 2 aromatic rings. The Balaban J connectivity index is 2.09. The fraction of sp³-hybridized carbons (Fsp3) is 0.222. The molecule has 0 fully saturated rings. The molecule has 0 radical (unpaired) electrons. The number of rotatable bonds is 5. The summed E-state index contributed by atoms with van der Waals surface area (Å²) in [6, 6.07) is 11.1. The lowest BCUT2D eigenvalue weighted by atomic mass is 10.2. The second kappa shape index (κ2) is 7.47. The molecule has 2 rings (SSSR count). The highest BCUT2D eigenvalue weighted by Crippen LogP contribution is 2.29. The zero-order chi connectivity index (χ0) is 17.7. The largest absolute Gasteiger partial charge is 0.493 e. The molecule has 6 heteroatoms. The van der Waals surface area contributed by atoms with Crippen LogP contribution in [0.4, 0.5) is 10.1 Å². The van der Waals surface area contributed by atoms with Gasteiger partial charge in [0, 0.05) is 11.8 Å². The number of methoxy groups -OCH3 is 1. The molecule has 1 amide bonds. The Hall–Kier alpha value is -3.07. The summed E-state index contributed by atoms with van der Waals surface area (Å²) in [6.45, 7) is 3.21. The average Bonchev–Trinajstić information content (AvgIpc) is 2.58. The summed E-state index contributed by atoms with van der Waals surface area (Å²) < 4.78 is 24.3. The lowest BCUT2D eigenvalue weighted by molar-refractivity contribution is -0.122. The summed E-state index contributed by atoms with van der Waals surface area (Å²) in [5.41, 5.74) is 1.27. The summed E-state index contributed by atoms with van der Waals surface area (Å²) >= 11 is 0. The van der Waals surface area contributed by atoms with Gasteiger partial charge in [-0.2, -0.15) is 5.26 Å². The number of halogens is 1. The third-order valence-electron chi connectivity index (χ3n) is 3.41. The third-order valence-corrected chi connectivity index (χ3v) is 3.41. The topological polar surface area (TPSA) is 71.3 Å². The van der Waals surface area contributed by atoms with Crippen molar-refractivity contribution in [2.45, 2.75) is 20.0 Å². The summed E-state index contributed by atoms with van der Waals surface area (Å²) in [6.07, 6.45) is -0.837. The van der Waals surface area contributed by atoms with Crippen LogP contribution in [0.1, 0.15) is 18.1 Å². The van der Waals surface area contributed by atoms with Gasteiger partial charge in [0.2, 0.25) is 0 Å². The Morgan fingerprint density at radius 3 is 2.62 bits per heavy atom. The molecular weight excluding hydrogens is 311 g/mol. The number of hydrogen-bond donors (Lipinski definition) is 1. The number of aryl methyl sites for hydroxylation is 1. The first kappa shape index (κ1) is 17.3. The van der Waals surface area contributed by atoms with Crippen LogP contribution in [-0.4, -0.2) is 19.1 Å². The Bertz CT molecular complexity index is 799. The van der Waals surface area contributed by atoms with E-state index in [4.69, 9.17) is 14.7 Å². The quantitative estimate of drug-likeness (QED) is 0.913. The minimum atomic E-state index is -0.837. The second-order valence-electron chi connectivity index (χ2n) is 5.19. The lowest BCUT2D eigenvalue weighted by Gasteiger charge is -2.17. The highest BCUT2D eigenvalue weighted by molar-refractivity contribution is 5.94. The van der Waals surface area contributed by atoms with E-state index in [1.807, 2.05) is 6.07 Å². The number of hydrogen-bond acceptors (Lipinski definition) is 4. The highest BCUT2D eigenvalue weighted by Gasteiger charge is 2.17. The van der Waals surface area contributed by atoms with Gasteiger partial charge in [-0.25, -0.2) is 4.39 Å². The first-order chi connectivity index (χ1) is 11.4. The van der Waals surface area contributed by atoms with E-state index in [0.717, 1.165) is 0 Å². The van der Waals surface area contributed by atoms with Gasteiger partial charge in [-0.05, 0) is 43.7 Å². The Morgan fingerprint density at radius 2 is 2.00 bits per heavy atom. The van der Waals surface area contributed by atoms with Crippen molar-refractivity contribution in [3.63, 3.8) is 0 Å². The van der Waals surface area contributed by atoms with Crippen molar-refractivity contribution in [2.75, 3.05) is 12.4 Å². The van der Waals surface area contributed by atoms with Gasteiger partial charge in [0.25, 0.3) is 5.91 Å². The fourth-order valence-corrected chi connectivity index (χ4v) is 1.99. The van der Waals surface area contributed by atoms with Crippen LogP contribution in [0.25, 0.3) is 0 Å². The minimum Gasteiger partial charge on any atom is -0.493 e. The van der Waals surface area contributed by atoms with Gasteiger partial charge < -0.3 is 14.8 Å². The van der Waals surface area contributed by atoms with Crippen LogP contribution in [0.5, 0.6) is 11.5 Å². The van der Waals surface area contributed by atoms with E-state index in [1.165, 1.54) is 19.2 Å². The molecule has 0 spiro atoms. The van der Waals surface area contributed by atoms with Crippen molar-refractivity contribution in [1.29, 1.82) is 5.26 Å². The third kappa shape index (κ3) is 4.02. The fourth-order valence-electron chi connectivity index (χ4n) is 1.99. The van der Waals surface area contributed by atoms with Crippen LogP contribution in [0.15, 0.2) is 36.4 Å². The maximum atomic E-state index is 13.5. The molecular formula is C18H17FN2O3. The van der Waals surface area contributed by atoms with Gasteiger partial charge in [-0.3, -0.25) is 4.79 Å². The Labute approximate surface area is 139 Å². The molecule has 0 aliphatic heterocycles. The van der Waals surface area contributed by atoms with Gasteiger partial charge in [-0.1, -0.05) is 6.07 Å². The summed E-state index contributed by atoms with van der Waals surface area (Å²) in [5.74, 6) is -0.121. The minimum absolute atomic E-state index is 0.342. The first-order valence-electron chi connectivity index (χ1n) is 7.26. The van der Waals surface area contributed by atoms with Gasteiger partial charge in [0.1, 0.15) is 5.82 Å². The van der Waals surface area contributed by atoms with E-state index in [1.54, 1.807) is 38.1 Å². The second-order valence-corrected chi connectivity index (χ2v) is 5.19. The van der Waals surface area contributed by atoms with Crippen LogP contribution >= 0.6 is 0 Å². The van der Waals surface area contributed by atoms with Crippen molar-refractivity contribution in [3.8, 4) is 17.6 Å². The van der Waals surface area contributed by atoms with E-state index in [2.05, 4.69) is 5.32 Å². The normalized spacial score (nSPS) is 11.3. The maximum absolute atomic E-state index is 13.5. The molecule has 5 nitrogen and oxygen atoms in total. The molecule has 2 aromatic carbocycles. The standard InChI is InChI=1S/C18H17FN2O3/c1-11-4-6-14(9-15(11)19)21-18(22)12(2)24-16-7-5-13(10-20)8-17(16)23-3/h4-9,12H,1-3H3,(H,21,22). The molecule has 1 N–H and O–H groups in total. The van der Waals surface area contributed by atoms with Gasteiger partial charge >= 0.3 is 0 Å². The van der Waals surface area contributed by atoms with Crippen LogP contribution in [0.3, 0.4) is 0 Å². The molecule has 0 aliphatic rings. The molecule has 0 heterocycles. The lowest BCUT2D eigenvalue weighted by Crippen LogP contribution is -2.30. The Morgan fingerprint density at radius 1 is 1.25 bits per heavy atom. The highest BCUT2D eigenvalue weighted by atomic mass is 19.1. The van der Waals surface area contributed by atoms with Crippen molar-refractivity contribution in [2.24, 2.45) is 0 Å². The molecule has 24 heavy (non-hydrogen) atoms. The van der Waals surface area contributed by atoms with Gasteiger partial charge in [-0.15, -0.1) is 0 Å². The van der Waals surface area contributed by atoms with Crippen molar-refractivity contribution >= 4 is 11.6 Å². The van der Waals surface area contributed by atoms with E-state index >= 15 is 0 Å². The summed E-state index contributed by atoms with van der Waals surface area (Å²) in [4.78, 5) is 12.2. The number of carbonyl (C=O) groups is 1. The number of nitrogens with one attached hydrogen (secondary N) is 1. The zero-order valence-electron chi connectivity index (χ0n) is 13.6. The number of benzene rings is 2. The van der Waals surface area contributed by atoms with E-state index in [9.17, 15) is 9.18 Å². The molecule has 0 aromatic heterocycles. The van der Waals surface area contributed by atoms with Gasteiger partial charge in [0.05, 0.1) is 18.7 Å². The van der Waals surface area contributed by atoms with E-state index in [0.29, 0.717) is 28.3 Å². The molecule has 1 unspecified atom stereocenters. The number of carbonyl (C=O) groups excluding carboxylic acids is 1. The average molecular weight is 328 g/mol. The predicted octanol–water partition coefficient (Wildman–Crippen LogP) is 3.42. The van der Waals surface area contributed by atoms with Crippen LogP contribution < -0.4 is 14.8 Å². The van der Waals surface area contributed by atoms with Crippen LogP contribution in [0.2, 0.25) is 0 Å². The maximum Gasteiger partial charge on any atom is 0.265 e. The van der Waals surface area contributed by atoms with E-state index in [-0.39, 0.29) is 0 Å². The number of nitrogens with zero attached hydrogens (tertiary/aromatic N) is 1. The number of anilines is 1. The van der Waals surface area contributed by atoms with Crippen LogP contribution in [-0.2, 0) is 4.79 Å². The van der Waals surface area contributed by atoms with E-state index < -0.39 is 17.8 Å². The molecule has 1 atom stereocenters. The number of amides is 1. The van der Waals surface area contributed by atoms with Gasteiger partial charge in [0.15, 0.2) is 17.6 Å². The molecule has 0 saturated carbocycles. The monoisotopic (exact) mass is 328 g/mol. The molecule has 124 valence electrons. The zero-order valence-corrected chi connectivity index (χ0v) is 13.6. The van der Waals surface area contributed by atoms with Crippen molar-refractivity contribution < 1.29 is 18.7 Å². The molecule has 0 aliphatic carbocycles. The smallest absolute Gasteiger partial charge is 0.265 e.